The molecule has 1 aliphatic rings. The van der Waals surface area contributed by atoms with Gasteiger partial charge in [-0.25, -0.2) is 15.0 Å². The number of nitrogens with zero attached hydrogens (tertiary/aromatic N) is 4. The first-order valence-electron chi connectivity index (χ1n) is 21.8. The van der Waals surface area contributed by atoms with Gasteiger partial charge in [0.05, 0.1) is 5.52 Å². The van der Waals surface area contributed by atoms with Crippen molar-refractivity contribution in [2.75, 3.05) is 0 Å². The fraction of sp³-hybridized carbons (Fsp3) is 0.0351. The third-order valence-electron chi connectivity index (χ3n) is 12.3. The first kappa shape index (κ1) is 40.3. The van der Waals surface area contributed by atoms with Crippen molar-refractivity contribution in [3.63, 3.8) is 0 Å². The van der Waals surface area contributed by atoms with Crippen LogP contribution in [0.3, 0.4) is 0 Å². The van der Waals surface area contributed by atoms with Crippen molar-refractivity contribution in [3.8, 4) is 39.9 Å². The van der Waals surface area contributed by atoms with Crippen molar-refractivity contribution in [3.05, 3.63) is 236 Å². The molecule has 8 heteroatoms. The van der Waals surface area contributed by atoms with Gasteiger partial charge >= 0.3 is 0 Å². The van der Waals surface area contributed by atoms with E-state index >= 15 is 9.13 Å². The van der Waals surface area contributed by atoms with E-state index in [2.05, 4.69) is 59.2 Å². The predicted molar refractivity (Wildman–Crippen MR) is 269 cm³/mol. The molecule has 2 aromatic heterocycles. The summed E-state index contributed by atoms with van der Waals surface area (Å²) < 4.78 is 33.6. The highest BCUT2D eigenvalue weighted by Gasteiger charge is 2.32. The predicted octanol–water partition coefficient (Wildman–Crippen LogP) is 11.1. The maximum atomic E-state index is 15.6. The highest BCUT2D eigenvalue weighted by Crippen LogP contribution is 2.44. The Kier molecular flexibility index (Phi) is 10.5. The molecule has 0 fully saturated rings. The number of fused-ring (bicyclic) bond motifs is 3. The van der Waals surface area contributed by atoms with E-state index in [1.165, 1.54) is 16.6 Å². The van der Waals surface area contributed by atoms with Gasteiger partial charge in [-0.05, 0) is 43.2 Å². The third-order valence-corrected chi connectivity index (χ3v) is 18.4. The summed E-state index contributed by atoms with van der Waals surface area (Å²) in [5.41, 5.74) is 6.91. The van der Waals surface area contributed by atoms with Gasteiger partial charge in [0, 0.05) is 70.8 Å². The van der Waals surface area contributed by atoms with Gasteiger partial charge in [-0.15, -0.1) is 0 Å². The molecule has 0 N–H and O–H groups in total. The normalized spacial score (nSPS) is 12.6. The lowest BCUT2D eigenvalue weighted by molar-refractivity contribution is 0.591. The molecule has 0 radical (unpaired) electrons. The maximum absolute atomic E-state index is 15.6. The number of aromatic nitrogens is 4. The second-order valence-electron chi connectivity index (χ2n) is 16.2. The molecule has 10 aromatic rings. The van der Waals surface area contributed by atoms with Crippen molar-refractivity contribution < 1.29 is 9.13 Å². The summed E-state index contributed by atoms with van der Waals surface area (Å²) in [4.78, 5) is 15.6. The maximum Gasteiger partial charge on any atom is 0.171 e. The number of hydrogen-bond acceptors (Lipinski definition) is 5. The number of allylic oxidation sites excluding steroid dienone is 1. The summed E-state index contributed by atoms with van der Waals surface area (Å²) in [5.74, 6) is 1.34. The summed E-state index contributed by atoms with van der Waals surface area (Å²) in [7, 11) is -6.64. The van der Waals surface area contributed by atoms with E-state index < -0.39 is 14.3 Å². The fourth-order valence-electron chi connectivity index (χ4n) is 9.14. The van der Waals surface area contributed by atoms with Gasteiger partial charge in [0.2, 0.25) is 0 Å². The summed E-state index contributed by atoms with van der Waals surface area (Å²) in [5, 5.41) is 5.53. The molecule has 0 bridgehead atoms. The van der Waals surface area contributed by atoms with E-state index in [4.69, 9.17) is 15.0 Å². The summed E-state index contributed by atoms with van der Waals surface area (Å²) >= 11 is 0. The van der Waals surface area contributed by atoms with Crippen molar-refractivity contribution in [2.24, 2.45) is 0 Å². The van der Waals surface area contributed by atoms with Crippen molar-refractivity contribution >= 4 is 63.1 Å². The van der Waals surface area contributed by atoms with Crippen LogP contribution in [-0.4, -0.2) is 19.5 Å². The molecule has 65 heavy (non-hydrogen) atoms. The van der Waals surface area contributed by atoms with Gasteiger partial charge in [-0.1, -0.05) is 200 Å². The van der Waals surface area contributed by atoms with Gasteiger partial charge in [-0.2, -0.15) is 0 Å². The van der Waals surface area contributed by atoms with Crippen LogP contribution in [0.15, 0.2) is 224 Å². The van der Waals surface area contributed by atoms with Crippen LogP contribution >= 0.6 is 14.3 Å². The minimum absolute atomic E-state index is 0.429. The van der Waals surface area contributed by atoms with Crippen LogP contribution in [0.25, 0.3) is 56.8 Å². The van der Waals surface area contributed by atoms with Crippen LogP contribution in [0.2, 0.25) is 0 Å². The van der Waals surface area contributed by atoms with Crippen molar-refractivity contribution in [1.82, 2.24) is 19.5 Å². The Labute approximate surface area is 378 Å². The molecule has 2 heterocycles. The molecule has 312 valence electrons. The first-order chi connectivity index (χ1) is 32.0. The second-order valence-corrected chi connectivity index (χ2v) is 21.7. The van der Waals surface area contributed by atoms with Crippen LogP contribution in [0, 0.1) is 0 Å². The second kappa shape index (κ2) is 16.9. The topological polar surface area (TPSA) is 77.7 Å². The summed E-state index contributed by atoms with van der Waals surface area (Å²) in [6.45, 7) is 0. The average molecular weight is 877 g/mol. The van der Waals surface area contributed by atoms with Gasteiger partial charge in [0.25, 0.3) is 0 Å². The van der Waals surface area contributed by atoms with Gasteiger partial charge in [0.15, 0.2) is 31.8 Å². The van der Waals surface area contributed by atoms with Gasteiger partial charge < -0.3 is 13.7 Å². The van der Waals surface area contributed by atoms with E-state index in [0.29, 0.717) is 39.2 Å². The molecule has 6 nitrogen and oxygen atoms in total. The van der Waals surface area contributed by atoms with E-state index in [1.807, 2.05) is 176 Å². The van der Waals surface area contributed by atoms with Crippen molar-refractivity contribution in [2.45, 2.75) is 12.8 Å². The molecule has 1 aliphatic carbocycles. The average Bonchev–Trinajstić information content (AvgIpc) is 3.73. The molecule has 0 aliphatic heterocycles. The van der Waals surface area contributed by atoms with Crippen LogP contribution in [0.4, 0.5) is 0 Å². The first-order valence-corrected chi connectivity index (χ1v) is 25.2. The van der Waals surface area contributed by atoms with Gasteiger partial charge in [0.1, 0.15) is 0 Å². The van der Waals surface area contributed by atoms with Gasteiger partial charge in [-0.3, -0.25) is 0 Å². The number of para-hydroxylation sites is 1. The Morgan fingerprint density at radius 1 is 0.400 bits per heavy atom. The molecule has 0 unspecified atom stereocenters. The molecule has 0 saturated heterocycles. The SMILES string of the molecule is O=P(c1ccccc1)(c1ccccc1)c1cccc(-c2nc(-c3cccc(-n4c5c(c6ccccc64)C=CCC5)c3)nc(-c3cccc(P(=O)(c4ccccc4)c4ccccc4)c3)n2)c1. The monoisotopic (exact) mass is 876 g/mol. The zero-order valence-electron chi connectivity index (χ0n) is 35.4. The van der Waals surface area contributed by atoms with E-state index in [-0.39, 0.29) is 0 Å². The zero-order valence-corrected chi connectivity index (χ0v) is 37.1. The standard InChI is InChI=1S/C57H42N4O2P2/c62-64(45-24-5-1-6-25-45,46-26-7-2-8-27-46)49-32-18-21-42(39-49)56-58-55(41-20-17-23-44(38-41)61-53-36-15-13-34-51(53)52-35-14-16-37-54(52)61)59-57(60-56)43-22-19-33-50(40-43)65(63,47-28-9-3-10-29-47)48-30-11-4-12-31-48/h1-15,17-36,38-40H,16,37H2. The molecule has 8 aromatic carbocycles. The molecule has 0 amide bonds. The largest absolute Gasteiger partial charge is 0.313 e. The third kappa shape index (κ3) is 7.22. The summed E-state index contributed by atoms with van der Waals surface area (Å²) in [6.07, 6.45) is 6.41. The molecular weight excluding hydrogens is 835 g/mol. The Bertz CT molecular complexity index is 3250. The zero-order chi connectivity index (χ0) is 43.8. The minimum Gasteiger partial charge on any atom is -0.313 e. The fourth-order valence-corrected chi connectivity index (χ4v) is 14.5. The highest BCUT2D eigenvalue weighted by molar-refractivity contribution is 7.85. The number of benzene rings is 8. The Morgan fingerprint density at radius 2 is 0.800 bits per heavy atom. The van der Waals surface area contributed by atoms with E-state index in [1.54, 1.807) is 0 Å². The lowest BCUT2D eigenvalue weighted by Crippen LogP contribution is -2.25. The van der Waals surface area contributed by atoms with Crippen LogP contribution < -0.4 is 31.8 Å². The van der Waals surface area contributed by atoms with Crippen LogP contribution in [-0.2, 0) is 15.6 Å². The Hall–Kier alpha value is -7.49. The number of rotatable bonds is 10. The highest BCUT2D eigenvalue weighted by atomic mass is 31.2. The number of hydrogen-bond donors (Lipinski definition) is 0. The minimum atomic E-state index is -3.32. The van der Waals surface area contributed by atoms with Crippen LogP contribution in [0.5, 0.6) is 0 Å². The smallest absolute Gasteiger partial charge is 0.171 e. The molecule has 0 spiro atoms. The molecule has 0 atom stereocenters. The quantitative estimate of drug-likeness (QED) is 0.128. The van der Waals surface area contributed by atoms with Crippen LogP contribution in [0.1, 0.15) is 17.7 Å². The Morgan fingerprint density at radius 3 is 1.28 bits per heavy atom. The molecule has 11 rings (SSSR count). The Balaban J connectivity index is 1.11. The molecular formula is C57H42N4O2P2. The lowest BCUT2D eigenvalue weighted by atomic mass is 10.0. The lowest BCUT2D eigenvalue weighted by Gasteiger charge is -2.21. The van der Waals surface area contributed by atoms with E-state index in [0.717, 1.165) is 50.8 Å². The van der Waals surface area contributed by atoms with Crippen molar-refractivity contribution in [1.29, 1.82) is 0 Å². The van der Waals surface area contributed by atoms with E-state index in [9.17, 15) is 0 Å². The molecule has 0 saturated carbocycles. The summed E-state index contributed by atoms with van der Waals surface area (Å²) in [6, 6.07) is 71.2.